The number of aliphatic hydroxyl groups is 2. The van der Waals surface area contributed by atoms with E-state index in [0.29, 0.717) is 33.2 Å². The zero-order valence-corrected chi connectivity index (χ0v) is 19.4. The molecule has 0 aromatic heterocycles. The van der Waals surface area contributed by atoms with Gasteiger partial charge in [-0.05, 0) is 60.1 Å². The monoisotopic (exact) mass is 490 g/mol. The van der Waals surface area contributed by atoms with Crippen LogP contribution in [0, 0.1) is 11.8 Å². The highest BCUT2D eigenvalue weighted by Gasteiger charge is 2.54. The van der Waals surface area contributed by atoms with Crippen molar-refractivity contribution in [3.63, 3.8) is 0 Å². The summed E-state index contributed by atoms with van der Waals surface area (Å²) in [5.41, 5.74) is 13.5. The molecular weight excluding hydrogens is 466 g/mol. The molecule has 2 saturated carbocycles. The van der Waals surface area contributed by atoms with Crippen LogP contribution in [0.15, 0.2) is 36.4 Å². The zero-order valence-electron chi connectivity index (χ0n) is 16.4. The fourth-order valence-electron chi connectivity index (χ4n) is 4.29. The van der Waals surface area contributed by atoms with Crippen molar-refractivity contribution < 1.29 is 10.2 Å². The molecule has 8 heteroatoms. The van der Waals surface area contributed by atoms with Crippen molar-refractivity contribution in [3.8, 4) is 0 Å². The van der Waals surface area contributed by atoms with Crippen molar-refractivity contribution >= 4 is 46.4 Å². The number of rotatable bonds is 6. The zero-order chi connectivity index (χ0) is 22.1. The molecule has 4 atom stereocenters. The molecule has 0 aliphatic heterocycles. The first-order valence-electron chi connectivity index (χ1n) is 9.81. The topological polar surface area (TPSA) is 92.5 Å². The smallest absolute Gasteiger partial charge is 0.0595 e. The molecule has 2 aliphatic rings. The molecule has 0 unspecified atom stereocenters. The van der Waals surface area contributed by atoms with Gasteiger partial charge in [0.05, 0.1) is 20.1 Å². The first-order valence-corrected chi connectivity index (χ1v) is 11.3. The minimum absolute atomic E-state index is 0.0804. The molecule has 0 saturated heterocycles. The fraction of sp³-hybridized carbons (Fsp3) is 0.455. The van der Waals surface area contributed by atoms with Gasteiger partial charge in [-0.25, -0.2) is 0 Å². The average molecular weight is 492 g/mol. The van der Waals surface area contributed by atoms with Gasteiger partial charge in [0.25, 0.3) is 0 Å². The van der Waals surface area contributed by atoms with Crippen LogP contribution >= 0.6 is 46.4 Å². The average Bonchev–Trinajstić information content (AvgIpc) is 3.65. The Morgan fingerprint density at radius 1 is 0.700 bits per heavy atom. The lowest BCUT2D eigenvalue weighted by atomic mass is 9.93. The Bertz CT molecular complexity index is 839. The van der Waals surface area contributed by atoms with E-state index in [-0.39, 0.29) is 35.9 Å². The van der Waals surface area contributed by atoms with Crippen LogP contribution in [0.3, 0.4) is 0 Å². The van der Waals surface area contributed by atoms with Crippen molar-refractivity contribution in [1.82, 2.24) is 0 Å². The van der Waals surface area contributed by atoms with Crippen LogP contribution in [0.4, 0.5) is 0 Å². The maximum absolute atomic E-state index is 9.14. The van der Waals surface area contributed by atoms with E-state index in [4.69, 9.17) is 68.1 Å². The Morgan fingerprint density at radius 2 is 1.07 bits per heavy atom. The summed E-state index contributed by atoms with van der Waals surface area (Å²) in [4.78, 5) is 0. The quantitative estimate of drug-likeness (QED) is 0.481. The summed E-state index contributed by atoms with van der Waals surface area (Å²) in [5.74, 6) is 0.527. The maximum atomic E-state index is 9.14. The molecule has 0 heterocycles. The summed E-state index contributed by atoms with van der Waals surface area (Å²) in [6.45, 7) is 1.43. The van der Waals surface area contributed by atoms with E-state index < -0.39 is 0 Å². The van der Waals surface area contributed by atoms with Crippen LogP contribution in [0.25, 0.3) is 0 Å². The van der Waals surface area contributed by atoms with Gasteiger partial charge in [-0.1, -0.05) is 58.5 Å². The standard InChI is InChI=1S/2C11H13Cl2NO/c2*12-9-2-1-7(3-10(9)13)11(6-14)4-8(11)5-15/h2*1-3,8,15H,4-6,14H2/t8-,11+;8-,11-/m00/s1. The normalized spacial score (nSPS) is 29.2. The molecule has 2 fully saturated rings. The van der Waals surface area contributed by atoms with E-state index in [1.807, 2.05) is 24.3 Å². The molecule has 2 aromatic rings. The molecule has 0 amide bonds. The van der Waals surface area contributed by atoms with Gasteiger partial charge in [0.15, 0.2) is 0 Å². The Labute approximate surface area is 197 Å². The molecule has 4 rings (SSSR count). The van der Waals surface area contributed by atoms with E-state index in [0.717, 1.165) is 24.0 Å². The van der Waals surface area contributed by atoms with Gasteiger partial charge >= 0.3 is 0 Å². The second-order valence-electron chi connectivity index (χ2n) is 8.15. The molecule has 0 radical (unpaired) electrons. The van der Waals surface area contributed by atoms with Gasteiger partial charge in [-0.2, -0.15) is 0 Å². The third-order valence-corrected chi connectivity index (χ3v) is 8.10. The molecule has 6 N–H and O–H groups in total. The Kier molecular flexibility index (Phi) is 7.64. The Balaban J connectivity index is 0.000000171. The lowest BCUT2D eigenvalue weighted by Crippen LogP contribution is -2.23. The van der Waals surface area contributed by atoms with Gasteiger partial charge in [-0.15, -0.1) is 0 Å². The van der Waals surface area contributed by atoms with Crippen LogP contribution in [0.2, 0.25) is 20.1 Å². The summed E-state index contributed by atoms with van der Waals surface area (Å²) in [7, 11) is 0. The third kappa shape index (κ3) is 4.48. The summed E-state index contributed by atoms with van der Waals surface area (Å²) in [5, 5.41) is 20.5. The van der Waals surface area contributed by atoms with Crippen molar-refractivity contribution in [2.75, 3.05) is 26.3 Å². The Morgan fingerprint density at radius 3 is 1.30 bits per heavy atom. The van der Waals surface area contributed by atoms with E-state index >= 15 is 0 Å². The predicted octanol–water partition coefficient (Wildman–Crippen LogP) is 4.40. The fourth-order valence-corrected chi connectivity index (χ4v) is 4.89. The Hall–Kier alpha value is -0.560. The first-order chi connectivity index (χ1) is 14.3. The summed E-state index contributed by atoms with van der Waals surface area (Å²) < 4.78 is 0. The van der Waals surface area contributed by atoms with Crippen molar-refractivity contribution in [3.05, 3.63) is 67.6 Å². The maximum Gasteiger partial charge on any atom is 0.0595 e. The second-order valence-corrected chi connectivity index (χ2v) is 9.77. The lowest BCUT2D eigenvalue weighted by Gasteiger charge is -2.15. The van der Waals surface area contributed by atoms with E-state index in [9.17, 15) is 0 Å². The highest BCUT2D eigenvalue weighted by Crippen LogP contribution is 2.54. The van der Waals surface area contributed by atoms with Gasteiger partial charge < -0.3 is 21.7 Å². The number of benzene rings is 2. The number of aliphatic hydroxyl groups excluding tert-OH is 2. The predicted molar refractivity (Wildman–Crippen MR) is 125 cm³/mol. The number of halogens is 4. The van der Waals surface area contributed by atoms with E-state index in [2.05, 4.69) is 0 Å². The first kappa shape index (κ1) is 24.1. The molecule has 0 bridgehead atoms. The van der Waals surface area contributed by atoms with Crippen LogP contribution in [-0.4, -0.2) is 36.5 Å². The van der Waals surface area contributed by atoms with Crippen LogP contribution in [0.1, 0.15) is 24.0 Å². The molecule has 2 aromatic carbocycles. The molecular formula is C22H26Cl4N2O2. The van der Waals surface area contributed by atoms with Crippen LogP contribution < -0.4 is 11.5 Å². The third-order valence-electron chi connectivity index (χ3n) is 6.62. The minimum Gasteiger partial charge on any atom is -0.396 e. The summed E-state index contributed by atoms with van der Waals surface area (Å²) >= 11 is 23.6. The summed E-state index contributed by atoms with van der Waals surface area (Å²) in [6, 6.07) is 11.2. The van der Waals surface area contributed by atoms with Gasteiger partial charge in [0, 0.05) is 37.1 Å². The molecule has 2 aliphatic carbocycles. The molecule has 30 heavy (non-hydrogen) atoms. The van der Waals surface area contributed by atoms with Gasteiger partial charge in [0.1, 0.15) is 0 Å². The molecule has 164 valence electrons. The van der Waals surface area contributed by atoms with Gasteiger partial charge in [-0.3, -0.25) is 0 Å². The SMILES string of the molecule is NC[C@@]1(c2ccc(Cl)c(Cl)c2)C[C@H]1CO.NC[C@]1(c2ccc(Cl)c(Cl)c2)C[C@H]1CO. The van der Waals surface area contributed by atoms with Crippen molar-refractivity contribution in [1.29, 1.82) is 0 Å². The molecule has 4 nitrogen and oxygen atoms in total. The number of hydrogen-bond acceptors (Lipinski definition) is 4. The van der Waals surface area contributed by atoms with Crippen LogP contribution in [-0.2, 0) is 10.8 Å². The molecule has 0 spiro atoms. The largest absolute Gasteiger partial charge is 0.396 e. The number of hydrogen-bond donors (Lipinski definition) is 4. The van der Waals surface area contributed by atoms with Crippen molar-refractivity contribution in [2.24, 2.45) is 23.3 Å². The van der Waals surface area contributed by atoms with E-state index in [1.54, 1.807) is 12.1 Å². The lowest BCUT2D eigenvalue weighted by molar-refractivity contribution is 0.264. The highest BCUT2D eigenvalue weighted by molar-refractivity contribution is 6.42. The number of nitrogens with two attached hydrogens (primary N) is 2. The van der Waals surface area contributed by atoms with Crippen LogP contribution in [0.5, 0.6) is 0 Å². The minimum atomic E-state index is -0.0804. The summed E-state index contributed by atoms with van der Waals surface area (Å²) in [6.07, 6.45) is 1.86. The van der Waals surface area contributed by atoms with Gasteiger partial charge in [0.2, 0.25) is 0 Å². The second kappa shape index (κ2) is 9.51. The van der Waals surface area contributed by atoms with Crippen molar-refractivity contribution in [2.45, 2.75) is 23.7 Å². The van der Waals surface area contributed by atoms with E-state index in [1.165, 1.54) is 0 Å². The highest BCUT2D eigenvalue weighted by atomic mass is 35.5.